The van der Waals surface area contributed by atoms with Gasteiger partial charge in [-0.15, -0.1) is 0 Å². The minimum atomic E-state index is -0.945. The highest BCUT2D eigenvalue weighted by atomic mass is 19.1. The molecule has 0 aliphatic carbocycles. The Hall–Kier alpha value is -1.62. The molecule has 19 heavy (non-hydrogen) atoms. The first-order valence-electron chi connectivity index (χ1n) is 6.24. The van der Waals surface area contributed by atoms with Gasteiger partial charge in [0.2, 0.25) is 5.91 Å². The number of nitrogens with two attached hydrogens (primary N) is 1. The lowest BCUT2D eigenvalue weighted by Crippen LogP contribution is -2.52. The minimum Gasteiger partial charge on any atom is -0.494 e. The molecule has 0 radical (unpaired) electrons. The van der Waals surface area contributed by atoms with Crippen LogP contribution in [-0.4, -0.2) is 25.6 Å². The lowest BCUT2D eigenvalue weighted by molar-refractivity contribution is -0.123. The number of hydrogen-bond acceptors (Lipinski definition) is 3. The van der Waals surface area contributed by atoms with Gasteiger partial charge in [-0.2, -0.15) is 0 Å². The summed E-state index contributed by atoms with van der Waals surface area (Å²) in [5.74, 6) is -0.596. The molecule has 0 aliphatic heterocycles. The molecule has 0 spiro atoms. The zero-order chi connectivity index (χ0) is 14.6. The maximum Gasteiger partial charge on any atom is 0.246 e. The monoisotopic (exact) mass is 268 g/mol. The lowest BCUT2D eigenvalue weighted by atomic mass is 9.95. The molecule has 0 bridgehead atoms. The van der Waals surface area contributed by atoms with E-state index < -0.39 is 11.4 Å². The Kier molecular flexibility index (Phi) is 4.89. The number of nitrogens with zero attached hydrogens (tertiary/aromatic N) is 1. The van der Waals surface area contributed by atoms with E-state index in [9.17, 15) is 9.18 Å². The first kappa shape index (κ1) is 15.4. The second-order valence-corrected chi connectivity index (χ2v) is 4.85. The number of rotatable bonds is 5. The zero-order valence-electron chi connectivity index (χ0n) is 11.9. The van der Waals surface area contributed by atoms with Crippen molar-refractivity contribution in [2.45, 2.75) is 32.2 Å². The second kappa shape index (κ2) is 6.02. The van der Waals surface area contributed by atoms with Crippen LogP contribution < -0.4 is 15.4 Å². The van der Waals surface area contributed by atoms with E-state index >= 15 is 0 Å². The summed E-state index contributed by atoms with van der Waals surface area (Å²) in [6.07, 6.45) is 1.39. The molecule has 5 heteroatoms. The molecule has 0 fully saturated rings. The third-order valence-electron chi connectivity index (χ3n) is 3.09. The largest absolute Gasteiger partial charge is 0.494 e. The van der Waals surface area contributed by atoms with E-state index in [-0.39, 0.29) is 11.7 Å². The van der Waals surface area contributed by atoms with Crippen LogP contribution >= 0.6 is 0 Å². The minimum absolute atomic E-state index is 0.147. The van der Waals surface area contributed by atoms with Gasteiger partial charge < -0.3 is 15.4 Å². The average Bonchev–Trinajstić information content (AvgIpc) is 2.36. The number of hydrogen-bond donors (Lipinski definition) is 1. The summed E-state index contributed by atoms with van der Waals surface area (Å²) in [6, 6.07) is 4.38. The van der Waals surface area contributed by atoms with E-state index in [1.54, 1.807) is 20.0 Å². The molecular formula is C14H21FN2O2. The molecule has 0 aliphatic rings. The molecule has 1 amide bonds. The summed E-state index contributed by atoms with van der Waals surface area (Å²) >= 11 is 0. The Morgan fingerprint density at radius 1 is 1.53 bits per heavy atom. The Balaban J connectivity index is 2.97. The number of halogens is 1. The molecule has 4 nitrogen and oxygen atoms in total. The number of anilines is 1. The van der Waals surface area contributed by atoms with Crippen molar-refractivity contribution in [2.75, 3.05) is 19.1 Å². The Labute approximate surface area is 113 Å². The summed E-state index contributed by atoms with van der Waals surface area (Å²) in [6.45, 7) is 3.65. The smallest absolute Gasteiger partial charge is 0.246 e. The predicted octanol–water partition coefficient (Wildman–Crippen LogP) is 2.31. The number of ether oxygens (including phenoxy) is 1. The molecule has 1 unspecified atom stereocenters. The SMILES string of the molecule is CCCC(C)(N)C(=O)N(C)c1ccc(OC)c(F)c1. The van der Waals surface area contributed by atoms with E-state index in [4.69, 9.17) is 10.5 Å². The molecule has 2 N–H and O–H groups in total. The molecule has 1 aromatic carbocycles. The van der Waals surface area contributed by atoms with Crippen molar-refractivity contribution in [1.29, 1.82) is 0 Å². The van der Waals surface area contributed by atoms with Crippen LogP contribution in [0.15, 0.2) is 18.2 Å². The number of carbonyl (C=O) groups excluding carboxylic acids is 1. The van der Waals surface area contributed by atoms with Gasteiger partial charge in [0.05, 0.1) is 12.6 Å². The summed E-state index contributed by atoms with van der Waals surface area (Å²) in [5, 5.41) is 0. The summed E-state index contributed by atoms with van der Waals surface area (Å²) in [4.78, 5) is 13.6. The number of likely N-dealkylation sites (N-methyl/N-ethyl adjacent to an activating group) is 1. The fourth-order valence-corrected chi connectivity index (χ4v) is 1.99. The third kappa shape index (κ3) is 3.44. The molecule has 0 aromatic heterocycles. The molecule has 106 valence electrons. The van der Waals surface area contributed by atoms with E-state index in [1.165, 1.54) is 24.1 Å². The van der Waals surface area contributed by atoms with Crippen molar-refractivity contribution in [3.05, 3.63) is 24.0 Å². The number of amides is 1. The van der Waals surface area contributed by atoms with Crippen LogP contribution in [-0.2, 0) is 4.79 Å². The van der Waals surface area contributed by atoms with Gasteiger partial charge in [0.1, 0.15) is 0 Å². The fourth-order valence-electron chi connectivity index (χ4n) is 1.99. The third-order valence-corrected chi connectivity index (χ3v) is 3.09. The summed E-state index contributed by atoms with van der Waals surface area (Å²) in [5.41, 5.74) is 5.50. The van der Waals surface area contributed by atoms with Gasteiger partial charge in [-0.25, -0.2) is 4.39 Å². The van der Waals surface area contributed by atoms with Gasteiger partial charge in [-0.3, -0.25) is 4.79 Å². The summed E-state index contributed by atoms with van der Waals surface area (Å²) in [7, 11) is 2.98. The quantitative estimate of drug-likeness (QED) is 0.891. The highest BCUT2D eigenvalue weighted by Gasteiger charge is 2.31. The highest BCUT2D eigenvalue weighted by Crippen LogP contribution is 2.24. The van der Waals surface area contributed by atoms with Gasteiger partial charge in [0.25, 0.3) is 0 Å². The second-order valence-electron chi connectivity index (χ2n) is 4.85. The maximum absolute atomic E-state index is 13.6. The topological polar surface area (TPSA) is 55.6 Å². The van der Waals surface area contributed by atoms with Crippen LogP contribution in [0, 0.1) is 5.82 Å². The van der Waals surface area contributed by atoms with Gasteiger partial charge >= 0.3 is 0 Å². The maximum atomic E-state index is 13.6. The van der Waals surface area contributed by atoms with Crippen molar-refractivity contribution >= 4 is 11.6 Å². The number of benzene rings is 1. The van der Waals surface area contributed by atoms with Crippen LogP contribution in [0.4, 0.5) is 10.1 Å². The Morgan fingerprint density at radius 2 is 2.16 bits per heavy atom. The first-order valence-corrected chi connectivity index (χ1v) is 6.24. The molecular weight excluding hydrogens is 247 g/mol. The van der Waals surface area contributed by atoms with Crippen molar-refractivity contribution < 1.29 is 13.9 Å². The molecule has 1 aromatic rings. The fraction of sp³-hybridized carbons (Fsp3) is 0.500. The normalized spacial score (nSPS) is 13.8. The first-order chi connectivity index (χ1) is 8.83. The number of methoxy groups -OCH3 is 1. The van der Waals surface area contributed by atoms with Crippen LogP contribution in [0.3, 0.4) is 0 Å². The Morgan fingerprint density at radius 3 is 2.63 bits per heavy atom. The Bertz CT molecular complexity index is 461. The zero-order valence-corrected chi connectivity index (χ0v) is 11.9. The van der Waals surface area contributed by atoms with Crippen LogP contribution in [0.25, 0.3) is 0 Å². The van der Waals surface area contributed by atoms with E-state index in [0.717, 1.165) is 6.42 Å². The van der Waals surface area contributed by atoms with Crippen LogP contribution in [0.5, 0.6) is 5.75 Å². The highest BCUT2D eigenvalue weighted by molar-refractivity contribution is 5.99. The van der Waals surface area contributed by atoms with Crippen molar-refractivity contribution in [1.82, 2.24) is 0 Å². The van der Waals surface area contributed by atoms with Crippen molar-refractivity contribution in [3.63, 3.8) is 0 Å². The number of carbonyl (C=O) groups is 1. The van der Waals surface area contributed by atoms with Gasteiger partial charge in [-0.05, 0) is 25.5 Å². The van der Waals surface area contributed by atoms with Gasteiger partial charge in [0.15, 0.2) is 11.6 Å². The average molecular weight is 268 g/mol. The van der Waals surface area contributed by atoms with E-state index in [2.05, 4.69) is 0 Å². The van der Waals surface area contributed by atoms with Crippen LogP contribution in [0.2, 0.25) is 0 Å². The molecule has 0 saturated heterocycles. The molecule has 1 atom stereocenters. The summed E-state index contributed by atoms with van der Waals surface area (Å²) < 4.78 is 18.5. The molecule has 0 heterocycles. The lowest BCUT2D eigenvalue weighted by Gasteiger charge is -2.29. The standard InChI is InChI=1S/C14H21FN2O2/c1-5-8-14(2,16)13(18)17(3)10-6-7-12(19-4)11(15)9-10/h6-7,9H,5,8,16H2,1-4H3. The predicted molar refractivity (Wildman–Crippen MR) is 73.9 cm³/mol. The van der Waals surface area contributed by atoms with E-state index in [0.29, 0.717) is 12.1 Å². The molecule has 0 saturated carbocycles. The van der Waals surface area contributed by atoms with Crippen molar-refractivity contribution in [2.24, 2.45) is 5.73 Å². The van der Waals surface area contributed by atoms with Gasteiger partial charge in [0, 0.05) is 18.8 Å². The van der Waals surface area contributed by atoms with Crippen LogP contribution in [0.1, 0.15) is 26.7 Å². The van der Waals surface area contributed by atoms with E-state index in [1.807, 2.05) is 6.92 Å². The van der Waals surface area contributed by atoms with Crippen molar-refractivity contribution in [3.8, 4) is 5.75 Å². The van der Waals surface area contributed by atoms with Gasteiger partial charge in [-0.1, -0.05) is 13.3 Å². The molecule has 1 rings (SSSR count).